The highest BCUT2D eigenvalue weighted by atomic mass is 28.4. The summed E-state index contributed by atoms with van der Waals surface area (Å²) in [4.78, 5) is 28.4. The van der Waals surface area contributed by atoms with Crippen molar-refractivity contribution in [2.24, 2.45) is 5.41 Å². The van der Waals surface area contributed by atoms with Gasteiger partial charge in [-0.05, 0) is 53.0 Å². The van der Waals surface area contributed by atoms with E-state index >= 15 is 0 Å². The first kappa shape index (κ1) is 47.2. The van der Waals surface area contributed by atoms with Crippen molar-refractivity contribution in [3.8, 4) is 0 Å². The second-order valence-electron chi connectivity index (χ2n) is 17.8. The minimum atomic E-state index is -3.25. The summed E-state index contributed by atoms with van der Waals surface area (Å²) in [5.74, 6) is -0.682. The maximum atomic E-state index is 14.3. The second-order valence-corrected chi connectivity index (χ2v) is 26.8. The summed E-state index contributed by atoms with van der Waals surface area (Å²) in [6.07, 6.45) is -1.89. The van der Waals surface area contributed by atoms with Gasteiger partial charge in [0.2, 0.25) is 0 Å². The van der Waals surface area contributed by atoms with Crippen LogP contribution in [0.3, 0.4) is 0 Å². The molecule has 0 bridgehead atoms. The molecule has 0 heterocycles. The molecule has 5 atom stereocenters. The highest BCUT2D eigenvalue weighted by Crippen LogP contribution is 2.41. The number of ketones is 1. The average Bonchev–Trinajstić information content (AvgIpc) is 3.16. The summed E-state index contributed by atoms with van der Waals surface area (Å²) in [5, 5.41) is 1.49. The number of carbonyl (C=O) groups excluding carboxylic acids is 2. The lowest BCUT2D eigenvalue weighted by Gasteiger charge is -2.46. The third kappa shape index (κ3) is 11.5. The van der Waals surface area contributed by atoms with Crippen molar-refractivity contribution in [2.75, 3.05) is 21.3 Å². The molecule has 3 aromatic rings. The number of carbonyl (C=O) groups is 2. The molecule has 56 heavy (non-hydrogen) atoms. The summed E-state index contributed by atoms with van der Waals surface area (Å²) in [5.41, 5.74) is 0.0502. The Morgan fingerprint density at radius 1 is 0.661 bits per heavy atom. The van der Waals surface area contributed by atoms with E-state index in [1.807, 2.05) is 80.6 Å². The van der Waals surface area contributed by atoms with Crippen LogP contribution < -0.4 is 10.4 Å². The summed E-state index contributed by atoms with van der Waals surface area (Å²) >= 11 is 0. The molecule has 0 amide bonds. The number of allylic oxidation sites excluding steroid dienone is 1. The standard InChI is InChI=1S/C46H68O8Si2/c1-15-46(8,9)42(47)40(52-33-34-25-19-16-20-26-34)38(49-10)31-35(53-55(13,14)44(2,3)4)32-39(50-11)41(43(48)51-12)54-56(45(5,6)7,36-27-21-17-22-28-36)37-29-23-18-24-30-37/h15-30,35,38-41H,1,31-33H2,2-14H3/t35-,38-,39-,40-,41+/m1/s1. The van der Waals surface area contributed by atoms with Crippen molar-refractivity contribution < 1.29 is 37.4 Å². The number of hydrogen-bond donors (Lipinski definition) is 0. The summed E-state index contributed by atoms with van der Waals surface area (Å²) in [6.45, 7) is 25.3. The molecule has 0 spiro atoms. The normalized spacial score (nSPS) is 15.7. The van der Waals surface area contributed by atoms with Gasteiger partial charge >= 0.3 is 5.97 Å². The van der Waals surface area contributed by atoms with Crippen molar-refractivity contribution in [3.05, 3.63) is 109 Å². The van der Waals surface area contributed by atoms with Crippen molar-refractivity contribution >= 4 is 38.8 Å². The maximum Gasteiger partial charge on any atom is 0.336 e. The van der Waals surface area contributed by atoms with Crippen LogP contribution in [0.4, 0.5) is 0 Å². The van der Waals surface area contributed by atoms with E-state index in [1.54, 1.807) is 20.3 Å². The third-order valence-electron chi connectivity index (χ3n) is 11.4. The quantitative estimate of drug-likeness (QED) is 0.0601. The third-order valence-corrected chi connectivity index (χ3v) is 20.9. The summed E-state index contributed by atoms with van der Waals surface area (Å²) in [6, 6.07) is 30.1. The van der Waals surface area contributed by atoms with Crippen molar-refractivity contribution in [1.29, 1.82) is 0 Å². The highest BCUT2D eigenvalue weighted by Gasteiger charge is 2.54. The minimum absolute atomic E-state index is 0.145. The van der Waals surface area contributed by atoms with E-state index in [4.69, 9.17) is 27.8 Å². The van der Waals surface area contributed by atoms with Crippen LogP contribution in [0, 0.1) is 5.41 Å². The van der Waals surface area contributed by atoms with Gasteiger partial charge in [-0.2, -0.15) is 0 Å². The van der Waals surface area contributed by atoms with Gasteiger partial charge in [-0.25, -0.2) is 4.79 Å². The Morgan fingerprint density at radius 3 is 1.50 bits per heavy atom. The van der Waals surface area contributed by atoms with E-state index in [1.165, 1.54) is 7.11 Å². The summed E-state index contributed by atoms with van der Waals surface area (Å²) in [7, 11) is -1.14. The Labute approximate surface area is 339 Å². The fourth-order valence-electron chi connectivity index (χ4n) is 6.84. The van der Waals surface area contributed by atoms with E-state index in [0.717, 1.165) is 15.9 Å². The van der Waals surface area contributed by atoms with Crippen LogP contribution in [0.2, 0.25) is 23.2 Å². The van der Waals surface area contributed by atoms with E-state index in [2.05, 4.69) is 85.5 Å². The predicted molar refractivity (Wildman–Crippen MR) is 231 cm³/mol. The van der Waals surface area contributed by atoms with Gasteiger partial charge in [0.1, 0.15) is 6.10 Å². The van der Waals surface area contributed by atoms with E-state index in [0.29, 0.717) is 0 Å². The first-order valence-corrected chi connectivity index (χ1v) is 24.4. The molecule has 0 aliphatic heterocycles. The summed E-state index contributed by atoms with van der Waals surface area (Å²) < 4.78 is 39.0. The SMILES string of the molecule is C=CC(C)(C)C(=O)[C@H](OCc1ccccc1)[C@@H](C[C@H](C[C@@H](OC)[C@H](O[Si](c1ccccc1)(c1ccccc1)C(C)(C)C)C(=O)OC)O[Si](C)(C)C(C)(C)C)OC. The van der Waals surface area contributed by atoms with Crippen molar-refractivity contribution in [1.82, 2.24) is 0 Å². The van der Waals surface area contributed by atoms with Crippen molar-refractivity contribution in [2.45, 2.75) is 129 Å². The molecule has 10 heteroatoms. The molecule has 3 aromatic carbocycles. The van der Waals surface area contributed by atoms with Crippen LogP contribution in [0.15, 0.2) is 104 Å². The van der Waals surface area contributed by atoms with Gasteiger partial charge in [0.25, 0.3) is 8.32 Å². The lowest BCUT2D eigenvalue weighted by molar-refractivity contribution is -0.158. The zero-order valence-corrected chi connectivity index (χ0v) is 38.2. The fourth-order valence-corrected chi connectivity index (χ4v) is 12.9. The smallest absolute Gasteiger partial charge is 0.336 e. The molecule has 0 aromatic heterocycles. The topological polar surface area (TPSA) is 89.5 Å². The number of methoxy groups -OCH3 is 3. The molecule has 0 saturated carbocycles. The van der Waals surface area contributed by atoms with Gasteiger partial charge in [0.15, 0.2) is 20.2 Å². The highest BCUT2D eigenvalue weighted by molar-refractivity contribution is 6.99. The van der Waals surface area contributed by atoms with Crippen LogP contribution in [-0.2, 0) is 44.0 Å². The number of rotatable bonds is 21. The van der Waals surface area contributed by atoms with Crippen LogP contribution in [0.25, 0.3) is 0 Å². The minimum Gasteiger partial charge on any atom is -0.467 e. The predicted octanol–water partition coefficient (Wildman–Crippen LogP) is 8.67. The number of esters is 1. The lowest BCUT2D eigenvalue weighted by Crippen LogP contribution is -2.69. The number of Topliss-reactive ketones (excluding diaryl/α,β-unsaturated/α-hetero) is 1. The zero-order chi connectivity index (χ0) is 42.0. The van der Waals surface area contributed by atoms with Crippen LogP contribution >= 0.6 is 0 Å². The Bertz CT molecular complexity index is 1630. The Morgan fingerprint density at radius 2 is 1.11 bits per heavy atom. The number of ether oxygens (including phenoxy) is 4. The number of hydrogen-bond acceptors (Lipinski definition) is 8. The fraction of sp³-hybridized carbons (Fsp3) is 0.522. The lowest BCUT2D eigenvalue weighted by atomic mass is 9.82. The number of benzene rings is 3. The van der Waals surface area contributed by atoms with Gasteiger partial charge in [-0.15, -0.1) is 6.58 Å². The molecule has 308 valence electrons. The molecular weight excluding hydrogens is 737 g/mol. The molecule has 0 aliphatic carbocycles. The van der Waals surface area contributed by atoms with Gasteiger partial charge in [-0.1, -0.05) is 139 Å². The van der Waals surface area contributed by atoms with E-state index < -0.39 is 63.6 Å². The average molecular weight is 805 g/mol. The van der Waals surface area contributed by atoms with Crippen LogP contribution in [0.1, 0.15) is 73.8 Å². The zero-order valence-electron chi connectivity index (χ0n) is 36.2. The Kier molecular flexibility index (Phi) is 16.8. The molecule has 0 unspecified atom stereocenters. The molecule has 0 N–H and O–H groups in total. The maximum absolute atomic E-state index is 14.3. The van der Waals surface area contributed by atoms with E-state index in [9.17, 15) is 9.59 Å². The Balaban J connectivity index is 2.17. The van der Waals surface area contributed by atoms with Crippen LogP contribution in [0.5, 0.6) is 0 Å². The van der Waals surface area contributed by atoms with Gasteiger partial charge < -0.3 is 27.8 Å². The molecule has 0 radical (unpaired) electrons. The van der Waals surface area contributed by atoms with Gasteiger partial charge in [-0.3, -0.25) is 4.79 Å². The molecule has 0 saturated heterocycles. The molecular formula is C46H68O8Si2. The molecule has 0 aliphatic rings. The van der Waals surface area contributed by atoms with E-state index in [-0.39, 0.29) is 30.3 Å². The monoisotopic (exact) mass is 804 g/mol. The molecule has 0 fully saturated rings. The van der Waals surface area contributed by atoms with Gasteiger partial charge in [0.05, 0.1) is 32.0 Å². The first-order valence-electron chi connectivity index (χ1n) is 19.6. The molecule has 8 nitrogen and oxygen atoms in total. The van der Waals surface area contributed by atoms with Gasteiger partial charge in [0, 0.05) is 32.5 Å². The second kappa shape index (κ2) is 20.0. The largest absolute Gasteiger partial charge is 0.467 e. The van der Waals surface area contributed by atoms with Crippen molar-refractivity contribution in [3.63, 3.8) is 0 Å². The first-order chi connectivity index (χ1) is 26.2. The Hall–Kier alpha value is -3.23. The van der Waals surface area contributed by atoms with Crippen LogP contribution in [-0.4, -0.2) is 80.2 Å². The molecule has 3 rings (SSSR count).